The SMILES string of the molecule is CC(C)[C@H](C)Nc1ccc([N+](=O)[O-])c2cnccc12. The summed E-state index contributed by atoms with van der Waals surface area (Å²) >= 11 is 0. The molecule has 1 heterocycles. The summed E-state index contributed by atoms with van der Waals surface area (Å²) in [5.74, 6) is 0.479. The molecular formula is C14H17N3O2. The lowest BCUT2D eigenvalue weighted by Crippen LogP contribution is -2.21. The number of nitro groups is 1. The number of benzene rings is 1. The lowest BCUT2D eigenvalue weighted by molar-refractivity contribution is -0.383. The van der Waals surface area contributed by atoms with Crippen LogP contribution in [-0.2, 0) is 0 Å². The molecule has 0 bridgehead atoms. The minimum absolute atomic E-state index is 0.0888. The molecule has 0 aliphatic carbocycles. The van der Waals surface area contributed by atoms with E-state index in [9.17, 15) is 10.1 Å². The van der Waals surface area contributed by atoms with Gasteiger partial charge in [0.05, 0.1) is 10.3 Å². The molecular weight excluding hydrogens is 242 g/mol. The Hall–Kier alpha value is -2.17. The van der Waals surface area contributed by atoms with Gasteiger partial charge >= 0.3 is 0 Å². The summed E-state index contributed by atoms with van der Waals surface area (Å²) < 4.78 is 0. The molecule has 1 atom stereocenters. The Morgan fingerprint density at radius 3 is 2.58 bits per heavy atom. The van der Waals surface area contributed by atoms with Gasteiger partial charge in [0, 0.05) is 35.6 Å². The molecule has 2 aromatic rings. The zero-order valence-electron chi connectivity index (χ0n) is 11.3. The third-order valence-corrected chi connectivity index (χ3v) is 3.37. The number of aromatic nitrogens is 1. The summed E-state index contributed by atoms with van der Waals surface area (Å²) in [6.45, 7) is 6.36. The van der Waals surface area contributed by atoms with E-state index in [2.05, 4.69) is 31.1 Å². The van der Waals surface area contributed by atoms with Gasteiger partial charge in [0.15, 0.2) is 0 Å². The van der Waals surface area contributed by atoms with E-state index < -0.39 is 0 Å². The average molecular weight is 259 g/mol. The molecule has 0 aliphatic rings. The number of non-ortho nitro benzene ring substituents is 1. The van der Waals surface area contributed by atoms with E-state index in [0.717, 1.165) is 11.1 Å². The van der Waals surface area contributed by atoms with Crippen LogP contribution in [0, 0.1) is 16.0 Å². The maximum Gasteiger partial charge on any atom is 0.278 e. The molecule has 5 heteroatoms. The molecule has 19 heavy (non-hydrogen) atoms. The van der Waals surface area contributed by atoms with E-state index in [-0.39, 0.29) is 16.7 Å². The van der Waals surface area contributed by atoms with Gasteiger partial charge in [0.1, 0.15) is 0 Å². The van der Waals surface area contributed by atoms with E-state index in [1.54, 1.807) is 24.5 Å². The summed E-state index contributed by atoms with van der Waals surface area (Å²) in [5.41, 5.74) is 0.995. The summed E-state index contributed by atoms with van der Waals surface area (Å²) in [7, 11) is 0. The number of nitrogens with one attached hydrogen (secondary N) is 1. The van der Waals surface area contributed by atoms with E-state index in [0.29, 0.717) is 11.3 Å². The van der Waals surface area contributed by atoms with Gasteiger partial charge in [-0.15, -0.1) is 0 Å². The van der Waals surface area contributed by atoms with Crippen LogP contribution in [-0.4, -0.2) is 15.9 Å². The van der Waals surface area contributed by atoms with E-state index in [1.807, 2.05) is 0 Å². The number of hydrogen-bond donors (Lipinski definition) is 1. The monoisotopic (exact) mass is 259 g/mol. The minimum atomic E-state index is -0.375. The van der Waals surface area contributed by atoms with Crippen LogP contribution < -0.4 is 5.32 Å². The zero-order chi connectivity index (χ0) is 14.0. The standard InChI is InChI=1S/C14H17N3O2/c1-9(2)10(3)16-13-4-5-14(17(18)19)12-8-15-7-6-11(12)13/h4-10,16H,1-3H3/t10-/m0/s1. The fourth-order valence-electron chi connectivity index (χ4n) is 1.87. The highest BCUT2D eigenvalue weighted by Crippen LogP contribution is 2.31. The van der Waals surface area contributed by atoms with Gasteiger partial charge in [-0.05, 0) is 25.0 Å². The Morgan fingerprint density at radius 2 is 1.95 bits per heavy atom. The maximum atomic E-state index is 11.0. The topological polar surface area (TPSA) is 68.1 Å². The molecule has 0 spiro atoms. The number of anilines is 1. The van der Waals surface area contributed by atoms with Gasteiger partial charge in [-0.3, -0.25) is 15.1 Å². The molecule has 0 saturated carbocycles. The van der Waals surface area contributed by atoms with E-state index >= 15 is 0 Å². The van der Waals surface area contributed by atoms with Gasteiger partial charge in [0.2, 0.25) is 0 Å². The van der Waals surface area contributed by atoms with Crippen LogP contribution in [0.1, 0.15) is 20.8 Å². The highest BCUT2D eigenvalue weighted by Gasteiger charge is 2.15. The maximum absolute atomic E-state index is 11.0. The molecule has 0 radical (unpaired) electrons. The summed E-state index contributed by atoms with van der Waals surface area (Å²) in [6.07, 6.45) is 3.19. The van der Waals surface area contributed by atoms with Crippen LogP contribution in [0.15, 0.2) is 30.6 Å². The van der Waals surface area contributed by atoms with Crippen molar-refractivity contribution in [2.75, 3.05) is 5.32 Å². The Kier molecular flexibility index (Phi) is 3.64. The quantitative estimate of drug-likeness (QED) is 0.672. The molecule has 0 saturated heterocycles. The Balaban J connectivity index is 2.53. The van der Waals surface area contributed by atoms with Gasteiger partial charge in [0.25, 0.3) is 5.69 Å². The summed E-state index contributed by atoms with van der Waals surface area (Å²) in [5, 5.41) is 15.8. The van der Waals surface area contributed by atoms with Gasteiger partial charge in [-0.25, -0.2) is 0 Å². The lowest BCUT2D eigenvalue weighted by atomic mass is 10.0. The fourth-order valence-corrected chi connectivity index (χ4v) is 1.87. The molecule has 0 aliphatic heterocycles. The number of rotatable bonds is 4. The first-order chi connectivity index (χ1) is 9.00. The van der Waals surface area contributed by atoms with Gasteiger partial charge in [-0.1, -0.05) is 13.8 Å². The van der Waals surface area contributed by atoms with E-state index in [4.69, 9.17) is 0 Å². The Labute approximate surface area is 111 Å². The highest BCUT2D eigenvalue weighted by atomic mass is 16.6. The van der Waals surface area contributed by atoms with Crippen molar-refractivity contribution in [3.05, 3.63) is 40.7 Å². The largest absolute Gasteiger partial charge is 0.382 e. The predicted octanol–water partition coefficient (Wildman–Crippen LogP) is 3.60. The van der Waals surface area contributed by atoms with Crippen LogP contribution in [0.3, 0.4) is 0 Å². The lowest BCUT2D eigenvalue weighted by Gasteiger charge is -2.20. The third-order valence-electron chi connectivity index (χ3n) is 3.37. The van der Waals surface area contributed by atoms with Crippen molar-refractivity contribution in [1.82, 2.24) is 4.98 Å². The first kappa shape index (κ1) is 13.3. The van der Waals surface area contributed by atoms with Crippen LogP contribution in [0.25, 0.3) is 10.8 Å². The fraction of sp³-hybridized carbons (Fsp3) is 0.357. The highest BCUT2D eigenvalue weighted by molar-refractivity contribution is 5.99. The first-order valence-electron chi connectivity index (χ1n) is 6.28. The van der Waals surface area contributed by atoms with Crippen molar-refractivity contribution >= 4 is 22.1 Å². The number of hydrogen-bond acceptors (Lipinski definition) is 4. The smallest absolute Gasteiger partial charge is 0.278 e. The number of fused-ring (bicyclic) bond motifs is 1. The zero-order valence-corrected chi connectivity index (χ0v) is 11.3. The molecule has 1 N–H and O–H groups in total. The minimum Gasteiger partial charge on any atom is -0.382 e. The second-order valence-corrected chi connectivity index (χ2v) is 4.99. The van der Waals surface area contributed by atoms with Crippen molar-refractivity contribution in [3.8, 4) is 0 Å². The van der Waals surface area contributed by atoms with Crippen LogP contribution in [0.2, 0.25) is 0 Å². The van der Waals surface area contributed by atoms with Crippen LogP contribution >= 0.6 is 0 Å². The van der Waals surface area contributed by atoms with Crippen LogP contribution in [0.4, 0.5) is 11.4 Å². The molecule has 1 aromatic carbocycles. The molecule has 0 amide bonds. The molecule has 1 aromatic heterocycles. The molecule has 100 valence electrons. The predicted molar refractivity (Wildman–Crippen MR) is 76.3 cm³/mol. The Bertz CT molecular complexity index is 611. The van der Waals surface area contributed by atoms with Gasteiger partial charge in [-0.2, -0.15) is 0 Å². The number of pyridine rings is 1. The summed E-state index contributed by atoms with van der Waals surface area (Å²) in [6, 6.07) is 5.38. The normalized spacial score (nSPS) is 12.6. The first-order valence-corrected chi connectivity index (χ1v) is 6.28. The van der Waals surface area contributed by atoms with Crippen molar-refractivity contribution in [2.45, 2.75) is 26.8 Å². The second kappa shape index (κ2) is 5.22. The average Bonchev–Trinajstić information content (AvgIpc) is 2.38. The molecule has 2 rings (SSSR count). The molecule has 0 fully saturated rings. The number of nitrogens with zero attached hydrogens (tertiary/aromatic N) is 2. The molecule has 0 unspecified atom stereocenters. The van der Waals surface area contributed by atoms with Crippen molar-refractivity contribution in [1.29, 1.82) is 0 Å². The Morgan fingerprint density at radius 1 is 1.21 bits per heavy atom. The summed E-state index contributed by atoms with van der Waals surface area (Å²) in [4.78, 5) is 14.6. The van der Waals surface area contributed by atoms with Crippen molar-refractivity contribution in [2.24, 2.45) is 5.92 Å². The second-order valence-electron chi connectivity index (χ2n) is 4.99. The van der Waals surface area contributed by atoms with Crippen molar-refractivity contribution in [3.63, 3.8) is 0 Å². The van der Waals surface area contributed by atoms with Crippen LogP contribution in [0.5, 0.6) is 0 Å². The van der Waals surface area contributed by atoms with Gasteiger partial charge < -0.3 is 5.32 Å². The van der Waals surface area contributed by atoms with Crippen molar-refractivity contribution < 1.29 is 4.92 Å². The number of nitro benzene ring substituents is 1. The third kappa shape index (κ3) is 2.65. The van der Waals surface area contributed by atoms with E-state index in [1.165, 1.54) is 6.07 Å². The molecule has 5 nitrogen and oxygen atoms in total.